The Morgan fingerprint density at radius 3 is 2.14 bits per heavy atom. The van der Waals surface area contributed by atoms with Gasteiger partial charge in [0.25, 0.3) is 0 Å². The summed E-state index contributed by atoms with van der Waals surface area (Å²) in [5, 5.41) is 7.58. The zero-order chi connectivity index (χ0) is 11.6. The van der Waals surface area contributed by atoms with Gasteiger partial charge in [-0.1, -0.05) is 20.8 Å². The third kappa shape index (κ3) is 3.64. The highest BCUT2D eigenvalue weighted by Gasteiger charge is 2.28. The first-order valence-corrected chi connectivity index (χ1v) is 5.96. The van der Waals surface area contributed by atoms with Crippen molar-refractivity contribution in [1.82, 2.24) is 4.31 Å². The molecule has 0 saturated heterocycles. The minimum Gasteiger partial charge on any atom is -0.211 e. The predicted octanol–water partition coefficient (Wildman–Crippen LogP) is 1.21. The van der Waals surface area contributed by atoms with Gasteiger partial charge in [-0.2, -0.15) is 5.26 Å². The van der Waals surface area contributed by atoms with Crippen LogP contribution in [0.25, 0.3) is 0 Å². The van der Waals surface area contributed by atoms with Crippen LogP contribution in [0.2, 0.25) is 0 Å². The van der Waals surface area contributed by atoms with Gasteiger partial charge < -0.3 is 0 Å². The first-order valence-electron chi connectivity index (χ1n) is 4.46. The molecule has 0 aromatic carbocycles. The molecule has 5 heteroatoms. The highest BCUT2D eigenvalue weighted by Crippen LogP contribution is 2.17. The van der Waals surface area contributed by atoms with E-state index in [1.165, 1.54) is 18.3 Å². The van der Waals surface area contributed by atoms with E-state index in [9.17, 15) is 8.42 Å². The Kier molecular flexibility index (Phi) is 4.10. The van der Waals surface area contributed by atoms with Gasteiger partial charge >= 0.3 is 0 Å². The van der Waals surface area contributed by atoms with Crippen LogP contribution in [0.15, 0.2) is 0 Å². The molecule has 0 aliphatic heterocycles. The average Bonchev–Trinajstić information content (AvgIpc) is 1.99. The molecule has 0 rings (SSSR count). The molecule has 0 saturated carbocycles. The summed E-state index contributed by atoms with van der Waals surface area (Å²) in [6.07, 6.45) is 0. The molecule has 0 radical (unpaired) electrons. The number of hydrogen-bond donors (Lipinski definition) is 0. The number of rotatable bonds is 3. The summed E-state index contributed by atoms with van der Waals surface area (Å²) in [7, 11) is -1.94. The molecule has 14 heavy (non-hydrogen) atoms. The SMILES string of the molecule is CC(C#N)S(=O)(=O)N(C)CC(C)(C)C. The topological polar surface area (TPSA) is 61.2 Å². The first-order chi connectivity index (χ1) is 6.11. The zero-order valence-corrected chi connectivity index (χ0v) is 10.2. The second-order valence-corrected chi connectivity index (χ2v) is 6.99. The summed E-state index contributed by atoms with van der Waals surface area (Å²) < 4.78 is 24.5. The van der Waals surface area contributed by atoms with E-state index in [0.29, 0.717) is 6.54 Å². The monoisotopic (exact) mass is 218 g/mol. The molecule has 0 aromatic rings. The van der Waals surface area contributed by atoms with Crippen molar-refractivity contribution in [1.29, 1.82) is 5.26 Å². The van der Waals surface area contributed by atoms with Crippen LogP contribution < -0.4 is 0 Å². The highest BCUT2D eigenvalue weighted by molar-refractivity contribution is 7.89. The van der Waals surface area contributed by atoms with Crippen molar-refractivity contribution in [3.63, 3.8) is 0 Å². The minimum absolute atomic E-state index is 0.100. The summed E-state index contributed by atoms with van der Waals surface area (Å²) in [6.45, 7) is 7.68. The Balaban J connectivity index is 4.72. The van der Waals surface area contributed by atoms with Crippen LogP contribution in [0.1, 0.15) is 27.7 Å². The van der Waals surface area contributed by atoms with Crippen molar-refractivity contribution in [3.8, 4) is 6.07 Å². The highest BCUT2D eigenvalue weighted by atomic mass is 32.2. The van der Waals surface area contributed by atoms with Crippen LogP contribution in [0.4, 0.5) is 0 Å². The Morgan fingerprint density at radius 1 is 1.43 bits per heavy atom. The van der Waals surface area contributed by atoms with E-state index in [1.807, 2.05) is 20.8 Å². The van der Waals surface area contributed by atoms with E-state index in [1.54, 1.807) is 6.07 Å². The molecule has 4 nitrogen and oxygen atoms in total. The van der Waals surface area contributed by atoms with E-state index in [-0.39, 0.29) is 5.41 Å². The summed E-state index contributed by atoms with van der Waals surface area (Å²) in [5.41, 5.74) is -0.100. The molecule has 0 N–H and O–H groups in total. The Bertz CT molecular complexity index is 322. The molecule has 0 fully saturated rings. The minimum atomic E-state index is -3.45. The van der Waals surface area contributed by atoms with Gasteiger partial charge in [-0.15, -0.1) is 0 Å². The average molecular weight is 218 g/mol. The maximum Gasteiger partial charge on any atom is 0.229 e. The molecule has 82 valence electrons. The van der Waals surface area contributed by atoms with Crippen LogP contribution in [-0.4, -0.2) is 31.6 Å². The van der Waals surface area contributed by atoms with Gasteiger partial charge in [0.05, 0.1) is 6.07 Å². The van der Waals surface area contributed by atoms with E-state index in [0.717, 1.165) is 0 Å². The van der Waals surface area contributed by atoms with Crippen LogP contribution in [0.5, 0.6) is 0 Å². The third-order valence-electron chi connectivity index (χ3n) is 1.76. The van der Waals surface area contributed by atoms with E-state index in [4.69, 9.17) is 5.26 Å². The van der Waals surface area contributed by atoms with Gasteiger partial charge in [0, 0.05) is 13.6 Å². The van der Waals surface area contributed by atoms with Gasteiger partial charge in [-0.25, -0.2) is 12.7 Å². The lowest BCUT2D eigenvalue weighted by Gasteiger charge is -2.26. The quantitative estimate of drug-likeness (QED) is 0.715. The van der Waals surface area contributed by atoms with Gasteiger partial charge in [-0.3, -0.25) is 0 Å². The van der Waals surface area contributed by atoms with E-state index >= 15 is 0 Å². The second-order valence-electron chi connectivity index (χ2n) is 4.63. The molecule has 0 aromatic heterocycles. The van der Waals surface area contributed by atoms with Gasteiger partial charge in [0.1, 0.15) is 0 Å². The van der Waals surface area contributed by atoms with Crippen LogP contribution in [0.3, 0.4) is 0 Å². The van der Waals surface area contributed by atoms with Crippen molar-refractivity contribution in [2.24, 2.45) is 5.41 Å². The Hall–Kier alpha value is -0.600. The molecular formula is C9H18N2O2S. The van der Waals surface area contributed by atoms with Gasteiger partial charge in [0.15, 0.2) is 5.25 Å². The lowest BCUT2D eigenvalue weighted by molar-refractivity contribution is 0.310. The summed E-state index contributed by atoms with van der Waals surface area (Å²) in [5.74, 6) is 0. The molecule has 1 atom stereocenters. The molecule has 1 unspecified atom stereocenters. The number of nitriles is 1. The first kappa shape index (κ1) is 13.4. The fourth-order valence-corrected chi connectivity index (χ4v) is 2.33. The van der Waals surface area contributed by atoms with Gasteiger partial charge in [0.2, 0.25) is 10.0 Å². The fraction of sp³-hybridized carbons (Fsp3) is 0.889. The maximum atomic E-state index is 11.6. The van der Waals surface area contributed by atoms with Gasteiger partial charge in [-0.05, 0) is 12.3 Å². The fourth-order valence-electron chi connectivity index (χ4n) is 1.09. The largest absolute Gasteiger partial charge is 0.229 e. The van der Waals surface area contributed by atoms with Crippen LogP contribution >= 0.6 is 0 Å². The molecular weight excluding hydrogens is 200 g/mol. The molecule has 0 aliphatic carbocycles. The molecule has 0 bridgehead atoms. The van der Waals surface area contributed by atoms with Crippen molar-refractivity contribution in [3.05, 3.63) is 0 Å². The lowest BCUT2D eigenvalue weighted by Crippen LogP contribution is -2.38. The molecule has 0 spiro atoms. The van der Waals surface area contributed by atoms with E-state index in [2.05, 4.69) is 0 Å². The smallest absolute Gasteiger partial charge is 0.211 e. The summed E-state index contributed by atoms with van der Waals surface area (Å²) in [6, 6.07) is 1.74. The Morgan fingerprint density at radius 2 is 1.86 bits per heavy atom. The van der Waals surface area contributed by atoms with E-state index < -0.39 is 15.3 Å². The number of hydrogen-bond acceptors (Lipinski definition) is 3. The second kappa shape index (κ2) is 4.28. The number of sulfonamides is 1. The third-order valence-corrected chi connectivity index (χ3v) is 3.76. The zero-order valence-electron chi connectivity index (χ0n) is 9.40. The molecule has 0 amide bonds. The Labute approximate surface area is 86.6 Å². The lowest BCUT2D eigenvalue weighted by atomic mass is 9.97. The van der Waals surface area contributed by atoms with Crippen molar-refractivity contribution >= 4 is 10.0 Å². The van der Waals surface area contributed by atoms with Crippen LogP contribution in [0, 0.1) is 16.7 Å². The predicted molar refractivity (Wildman–Crippen MR) is 56.1 cm³/mol. The normalized spacial score (nSPS) is 15.2. The van der Waals surface area contributed by atoms with Crippen molar-refractivity contribution in [2.45, 2.75) is 32.9 Å². The molecule has 0 heterocycles. The number of nitrogens with zero attached hydrogens (tertiary/aromatic N) is 2. The van der Waals surface area contributed by atoms with Crippen molar-refractivity contribution in [2.75, 3.05) is 13.6 Å². The summed E-state index contributed by atoms with van der Waals surface area (Å²) in [4.78, 5) is 0. The van der Waals surface area contributed by atoms with Crippen molar-refractivity contribution < 1.29 is 8.42 Å². The maximum absolute atomic E-state index is 11.6. The standard InChI is InChI=1S/C9H18N2O2S/c1-8(6-10)14(12,13)11(5)7-9(2,3)4/h8H,7H2,1-5H3. The van der Waals surface area contributed by atoms with Crippen LogP contribution in [-0.2, 0) is 10.0 Å². The summed E-state index contributed by atoms with van der Waals surface area (Å²) >= 11 is 0. The molecule has 0 aliphatic rings.